The van der Waals surface area contributed by atoms with Crippen molar-refractivity contribution in [1.29, 1.82) is 0 Å². The Morgan fingerprint density at radius 1 is 0.506 bits per heavy atom. The van der Waals surface area contributed by atoms with Gasteiger partial charge in [0.15, 0.2) is 5.78 Å². The van der Waals surface area contributed by atoms with Gasteiger partial charge in [-0.1, -0.05) is 244 Å². The number of carbonyl (C=O) groups excluding carboxylic acids is 5. The number of ether oxygens (including phenoxy) is 1. The second-order valence-corrected chi connectivity index (χ2v) is 22.6. The van der Waals surface area contributed by atoms with E-state index in [-0.39, 0.29) is 36.9 Å². The number of nitrogens with two attached hydrogens (primary N) is 3. The quantitative estimate of drug-likeness (QED) is 0.0404. The van der Waals surface area contributed by atoms with Crippen molar-refractivity contribution in [3.63, 3.8) is 0 Å². The van der Waals surface area contributed by atoms with Gasteiger partial charge in [-0.05, 0) is 68.5 Å². The maximum absolute atomic E-state index is 13.7. The molecule has 0 aliphatic heterocycles. The van der Waals surface area contributed by atoms with Crippen LogP contribution in [0.3, 0.4) is 0 Å². The van der Waals surface area contributed by atoms with Crippen LogP contribution in [-0.4, -0.2) is 66.8 Å². The topological polar surface area (TPSA) is 185 Å². The van der Waals surface area contributed by atoms with E-state index in [0.29, 0.717) is 24.3 Å². The summed E-state index contributed by atoms with van der Waals surface area (Å²) in [5.41, 5.74) is 28.5. The monoisotopic (exact) mass is 1150 g/mol. The molecule has 10 nitrogen and oxygen atoms in total. The fourth-order valence-corrected chi connectivity index (χ4v) is 14.0. The number of thioether (sulfide) groups is 2. The molecule has 7 N–H and O–H groups in total. The van der Waals surface area contributed by atoms with Crippen LogP contribution in [0, 0.1) is 11.8 Å². The summed E-state index contributed by atoms with van der Waals surface area (Å²) in [7, 11) is -1.00. The van der Waals surface area contributed by atoms with Crippen molar-refractivity contribution in [3.8, 4) is 11.1 Å². The van der Waals surface area contributed by atoms with Crippen molar-refractivity contribution in [2.45, 2.75) is 67.0 Å². The number of primary amides is 2. The van der Waals surface area contributed by atoms with E-state index in [9.17, 15) is 28.4 Å². The van der Waals surface area contributed by atoms with Gasteiger partial charge >= 0.3 is 6.09 Å². The Morgan fingerprint density at radius 2 is 0.807 bits per heavy atom. The van der Waals surface area contributed by atoms with E-state index in [2.05, 4.69) is 102 Å². The van der Waals surface area contributed by atoms with Gasteiger partial charge in [0.1, 0.15) is 12.4 Å². The van der Waals surface area contributed by atoms with Crippen LogP contribution in [-0.2, 0) is 33.4 Å². The molecule has 8 aromatic rings. The van der Waals surface area contributed by atoms with E-state index in [1.54, 1.807) is 23.5 Å². The third kappa shape index (κ3) is 15.1. The maximum Gasteiger partial charge on any atom is 0.407 e. The Kier molecular flexibility index (Phi) is 22.6. The first-order chi connectivity index (χ1) is 40.8. The van der Waals surface area contributed by atoms with E-state index in [1.807, 2.05) is 147 Å². The number of Topliss-reactive ketones (excluding diaryl/α,β-unsaturated/α-hetero) is 2. The highest BCUT2D eigenvalue weighted by molar-refractivity contribution is 8.00. The van der Waals surface area contributed by atoms with Gasteiger partial charge in [0.2, 0.25) is 11.8 Å². The molecule has 8 aromatic carbocycles. The fraction of sp³-hybridized carbons (Fsp3) is 0.243. The van der Waals surface area contributed by atoms with E-state index >= 15 is 0 Å². The molecule has 0 fully saturated rings. The number of hydrogen-bond acceptors (Lipinski definition) is 9. The van der Waals surface area contributed by atoms with Crippen LogP contribution in [0.5, 0.6) is 0 Å². The molecule has 428 valence electrons. The van der Waals surface area contributed by atoms with Crippen LogP contribution < -0.4 is 22.5 Å². The Morgan fingerprint density at radius 3 is 1.11 bits per heavy atom. The third-order valence-corrected chi connectivity index (χ3v) is 18.5. The number of hydrogen-bond donors (Lipinski definition) is 4. The maximum atomic E-state index is 13.7. The third-order valence-electron chi connectivity index (χ3n) is 15.1. The lowest BCUT2D eigenvalue weighted by molar-refractivity contribution is -0.127. The van der Waals surface area contributed by atoms with Crippen molar-refractivity contribution in [2.24, 2.45) is 29.0 Å². The van der Waals surface area contributed by atoms with E-state index in [4.69, 9.17) is 23.3 Å². The molecular formula is C70H73FN4O6S2. The Hall–Kier alpha value is -8.10. The van der Waals surface area contributed by atoms with Gasteiger partial charge < -0.3 is 27.3 Å². The second kappa shape index (κ2) is 30.8. The average Bonchev–Trinajstić information content (AvgIpc) is 2.33. The molecule has 1 aliphatic rings. The number of halogens is 1. The lowest BCUT2D eigenvalue weighted by Crippen LogP contribution is -2.43. The summed E-state index contributed by atoms with van der Waals surface area (Å²) in [6.45, 7) is 3.83. The largest absolute Gasteiger partial charge is 0.449 e. The van der Waals surface area contributed by atoms with Crippen LogP contribution in [0.1, 0.15) is 91.3 Å². The normalized spacial score (nSPS) is 13.3. The van der Waals surface area contributed by atoms with E-state index < -0.39 is 58.5 Å². The van der Waals surface area contributed by atoms with Gasteiger partial charge in [0, 0.05) is 30.3 Å². The van der Waals surface area contributed by atoms with Crippen LogP contribution in [0.4, 0.5) is 9.18 Å². The first kappa shape index (κ1) is 61.0. The Balaban J connectivity index is 0.000000250. The molecule has 0 aromatic heterocycles. The molecule has 9 rings (SSSR count). The predicted octanol–water partition coefficient (Wildman–Crippen LogP) is 13.2. The van der Waals surface area contributed by atoms with Gasteiger partial charge in [-0.15, -0.1) is 23.5 Å². The van der Waals surface area contributed by atoms with Gasteiger partial charge in [-0.25, -0.2) is 4.79 Å². The zero-order valence-corrected chi connectivity index (χ0v) is 48.5. The second-order valence-electron chi connectivity index (χ2n) is 20.2. The predicted molar refractivity (Wildman–Crippen MR) is 336 cm³/mol. The molecule has 83 heavy (non-hydrogen) atoms. The first-order valence-corrected chi connectivity index (χ1v) is 29.8. The summed E-state index contributed by atoms with van der Waals surface area (Å²) in [4.78, 5) is 64.4. The first-order valence-electron chi connectivity index (χ1n) is 28.5. The molecule has 13 heteroatoms. The standard InChI is InChI=1S/C42H40N2O4S.C27H30N2O2S.CH3F/c1-2-38(44-41(47)48-27-37-35-24-14-12-22-33(35)34-23-13-15-25-36(34)37)39(45)26-29(40(43)46)28-49-42(30-16-6-3-7-17-30,31-18-8-4-9-19-31)32-20-10-5-11-21-32;1-2-24(28)25(30)18-20(26(29)31)19-32-27(21-12-6-3-7-13-21,22-14-8-4-9-15-22)23-16-10-5-11-17-23;1-2/h3-25,29,37-38H,2,26-28H2,1H3,(H2,43,46)(H,44,47);3-17,20,24H,2,18-19,28H2,1H3,(H2,29,31);1H3/t29-,38-;20-,24+;/m11./s1/i;;1D. The smallest absolute Gasteiger partial charge is 0.407 e. The molecule has 0 heterocycles. The van der Waals surface area contributed by atoms with Gasteiger partial charge in [0.05, 0.1) is 41.9 Å². The molecule has 0 saturated carbocycles. The van der Waals surface area contributed by atoms with Crippen LogP contribution >= 0.6 is 23.5 Å². The number of fused-ring (bicyclic) bond motifs is 3. The molecule has 4 atom stereocenters. The zero-order valence-electron chi connectivity index (χ0n) is 47.9. The highest BCUT2D eigenvalue weighted by Crippen LogP contribution is 2.51. The number of alkyl halides is 1. The molecule has 0 radical (unpaired) electrons. The van der Waals surface area contributed by atoms with Crippen molar-refractivity contribution in [2.75, 3.05) is 25.3 Å². The summed E-state index contributed by atoms with van der Waals surface area (Å²) in [6, 6.07) is 76.1. The number of nitrogens with one attached hydrogen (secondary N) is 1. The number of alkyl carbamates (subject to hydrolysis) is 1. The molecule has 0 saturated heterocycles. The number of benzene rings is 8. The summed E-state index contributed by atoms with van der Waals surface area (Å²) in [5, 5.41) is 2.76. The van der Waals surface area contributed by atoms with E-state index in [1.165, 1.54) is 0 Å². The number of ketones is 2. The van der Waals surface area contributed by atoms with Crippen LogP contribution in [0.15, 0.2) is 231 Å². The number of carbonyl (C=O) groups is 5. The minimum Gasteiger partial charge on any atom is -0.449 e. The summed E-state index contributed by atoms with van der Waals surface area (Å²) < 4.78 is 20.0. The average molecular weight is 1150 g/mol. The molecule has 0 unspecified atom stereocenters. The van der Waals surface area contributed by atoms with Gasteiger partial charge in [0.25, 0.3) is 0 Å². The Labute approximate surface area is 497 Å². The minimum absolute atomic E-state index is 0.0613. The summed E-state index contributed by atoms with van der Waals surface area (Å²) in [5.74, 6) is -2.17. The van der Waals surface area contributed by atoms with E-state index in [0.717, 1.165) is 55.6 Å². The van der Waals surface area contributed by atoms with Crippen LogP contribution in [0.25, 0.3) is 11.1 Å². The lowest BCUT2D eigenvalue weighted by atomic mass is 9.84. The van der Waals surface area contributed by atoms with Crippen molar-refractivity contribution in [1.82, 2.24) is 5.32 Å². The number of amides is 3. The molecular weight excluding hydrogens is 1080 g/mol. The number of rotatable bonds is 25. The molecule has 1 aliphatic carbocycles. The van der Waals surface area contributed by atoms with Gasteiger partial charge in [-0.3, -0.25) is 23.6 Å². The van der Waals surface area contributed by atoms with Crippen LogP contribution in [0.2, 0.25) is 0 Å². The van der Waals surface area contributed by atoms with Crippen molar-refractivity contribution in [3.05, 3.63) is 275 Å². The molecule has 0 spiro atoms. The highest BCUT2D eigenvalue weighted by Gasteiger charge is 2.41. The van der Waals surface area contributed by atoms with Gasteiger partial charge in [-0.2, -0.15) is 0 Å². The highest BCUT2D eigenvalue weighted by atomic mass is 32.2. The summed E-state index contributed by atoms with van der Waals surface area (Å²) >= 11 is 3.22. The minimum atomic E-state index is -1.00. The Bertz CT molecular complexity index is 3130. The lowest BCUT2D eigenvalue weighted by Gasteiger charge is -2.36. The van der Waals surface area contributed by atoms with Crippen molar-refractivity contribution >= 4 is 53.0 Å². The summed E-state index contributed by atoms with van der Waals surface area (Å²) in [6.07, 6.45) is 0.191. The molecule has 0 bridgehead atoms. The fourth-order valence-electron chi connectivity index (χ4n) is 10.7. The molecule has 3 amide bonds. The zero-order chi connectivity index (χ0) is 59.9. The van der Waals surface area contributed by atoms with Crippen molar-refractivity contribution < 1.29 is 34.5 Å². The SMILES string of the molecule is CC[C@@H](NC(=O)OCC1c2ccccc2-c2ccccc21)C(=O)C[C@H](CSC(c1ccccc1)(c1ccccc1)c1ccccc1)C(N)=O.CC[C@H](N)C(=O)C[C@H](CSC(c1ccccc1)(c1ccccc1)c1ccccc1)C(N)=O.[2H]CF.